The van der Waals surface area contributed by atoms with E-state index in [1.54, 1.807) is 4.68 Å². The van der Waals surface area contributed by atoms with Crippen molar-refractivity contribution in [2.45, 2.75) is 31.6 Å². The first-order valence-corrected chi connectivity index (χ1v) is 4.22. The number of rotatable bonds is 1. The Morgan fingerprint density at radius 1 is 1.45 bits per heavy atom. The summed E-state index contributed by atoms with van der Waals surface area (Å²) in [5.41, 5.74) is 1.19. The minimum Gasteiger partial charge on any atom is -0.255 e. The zero-order chi connectivity index (χ0) is 7.68. The predicted molar refractivity (Wildman–Crippen MR) is 42.2 cm³/mol. The van der Waals surface area contributed by atoms with E-state index in [-0.39, 0.29) is 0 Å². The molecule has 1 aliphatic carbocycles. The first-order chi connectivity index (χ1) is 5.36. The van der Waals surface area contributed by atoms with Crippen molar-refractivity contribution >= 4 is 0 Å². The van der Waals surface area contributed by atoms with Gasteiger partial charge in [0.2, 0.25) is 0 Å². The van der Waals surface area contributed by atoms with Crippen LogP contribution in [0.15, 0.2) is 6.20 Å². The minimum atomic E-state index is 0.698. The van der Waals surface area contributed by atoms with Crippen LogP contribution in [0.5, 0.6) is 0 Å². The Hall–Kier alpha value is -0.860. The second-order valence-electron chi connectivity index (χ2n) is 3.30. The molecule has 1 aromatic heterocycles. The topological polar surface area (TPSA) is 30.7 Å². The van der Waals surface area contributed by atoms with Crippen molar-refractivity contribution in [2.24, 2.45) is 7.05 Å². The Morgan fingerprint density at radius 2 is 2.18 bits per heavy atom. The lowest BCUT2D eigenvalue weighted by Crippen LogP contribution is -1.91. The highest BCUT2D eigenvalue weighted by Crippen LogP contribution is 2.32. The van der Waals surface area contributed by atoms with E-state index in [0.29, 0.717) is 5.92 Å². The fourth-order valence-electron chi connectivity index (χ4n) is 1.77. The van der Waals surface area contributed by atoms with Crippen LogP contribution in [0.1, 0.15) is 37.3 Å². The van der Waals surface area contributed by atoms with Gasteiger partial charge in [-0.1, -0.05) is 18.1 Å². The lowest BCUT2D eigenvalue weighted by Gasteiger charge is -2.00. The summed E-state index contributed by atoms with van der Waals surface area (Å²) in [6.45, 7) is 0. The van der Waals surface area contributed by atoms with Gasteiger partial charge in [0.15, 0.2) is 0 Å². The minimum absolute atomic E-state index is 0.698. The Kier molecular flexibility index (Phi) is 1.64. The van der Waals surface area contributed by atoms with Crippen LogP contribution in [0.4, 0.5) is 0 Å². The molecule has 0 saturated heterocycles. The average molecular weight is 151 g/mol. The number of hydrogen-bond acceptors (Lipinski definition) is 2. The Morgan fingerprint density at radius 3 is 2.73 bits per heavy atom. The molecule has 0 bridgehead atoms. The average Bonchev–Trinajstić information content (AvgIpc) is 2.55. The van der Waals surface area contributed by atoms with Crippen LogP contribution in [0, 0.1) is 0 Å². The van der Waals surface area contributed by atoms with Crippen LogP contribution < -0.4 is 0 Å². The molecule has 60 valence electrons. The van der Waals surface area contributed by atoms with Crippen molar-refractivity contribution in [3.8, 4) is 0 Å². The van der Waals surface area contributed by atoms with Crippen LogP contribution in [0.3, 0.4) is 0 Å². The highest BCUT2D eigenvalue weighted by Gasteiger charge is 2.19. The third-order valence-electron chi connectivity index (χ3n) is 2.39. The van der Waals surface area contributed by atoms with Gasteiger partial charge in [-0.25, -0.2) is 0 Å². The van der Waals surface area contributed by atoms with Crippen molar-refractivity contribution in [1.82, 2.24) is 15.0 Å². The number of nitrogens with zero attached hydrogens (tertiary/aromatic N) is 3. The molecular formula is C8H13N3. The first kappa shape index (κ1) is 6.83. The molecule has 1 aliphatic rings. The summed E-state index contributed by atoms with van der Waals surface area (Å²) in [5, 5.41) is 8.04. The van der Waals surface area contributed by atoms with Gasteiger partial charge >= 0.3 is 0 Å². The highest BCUT2D eigenvalue weighted by molar-refractivity contribution is 5.03. The zero-order valence-electron chi connectivity index (χ0n) is 6.82. The summed E-state index contributed by atoms with van der Waals surface area (Å²) in [4.78, 5) is 0. The van der Waals surface area contributed by atoms with Crippen molar-refractivity contribution in [1.29, 1.82) is 0 Å². The van der Waals surface area contributed by atoms with Gasteiger partial charge in [-0.05, 0) is 12.8 Å². The highest BCUT2D eigenvalue weighted by atomic mass is 15.4. The van der Waals surface area contributed by atoms with Crippen LogP contribution in [0.25, 0.3) is 0 Å². The second kappa shape index (κ2) is 2.64. The fraction of sp³-hybridized carbons (Fsp3) is 0.750. The van der Waals surface area contributed by atoms with Gasteiger partial charge in [-0.3, -0.25) is 4.68 Å². The zero-order valence-corrected chi connectivity index (χ0v) is 6.82. The molecule has 0 spiro atoms. The van der Waals surface area contributed by atoms with E-state index < -0.39 is 0 Å². The van der Waals surface area contributed by atoms with Gasteiger partial charge < -0.3 is 0 Å². The summed E-state index contributed by atoms with van der Waals surface area (Å²) in [7, 11) is 1.92. The molecule has 1 heterocycles. The van der Waals surface area contributed by atoms with Crippen molar-refractivity contribution < 1.29 is 0 Å². The molecule has 0 aliphatic heterocycles. The summed E-state index contributed by atoms with van der Waals surface area (Å²) in [6, 6.07) is 0. The largest absolute Gasteiger partial charge is 0.255 e. The van der Waals surface area contributed by atoms with Gasteiger partial charge in [0.05, 0.1) is 5.69 Å². The Bertz CT molecular complexity index is 235. The molecule has 1 aromatic rings. The second-order valence-corrected chi connectivity index (χ2v) is 3.30. The molecule has 1 fully saturated rings. The monoisotopic (exact) mass is 151 g/mol. The molecule has 0 aromatic carbocycles. The van der Waals surface area contributed by atoms with Gasteiger partial charge in [0.1, 0.15) is 0 Å². The summed E-state index contributed by atoms with van der Waals surface area (Å²) >= 11 is 0. The van der Waals surface area contributed by atoms with Crippen LogP contribution >= 0.6 is 0 Å². The third kappa shape index (κ3) is 1.27. The van der Waals surface area contributed by atoms with Gasteiger partial charge in [-0.15, -0.1) is 5.10 Å². The van der Waals surface area contributed by atoms with Crippen molar-refractivity contribution in [3.63, 3.8) is 0 Å². The van der Waals surface area contributed by atoms with E-state index in [1.807, 2.05) is 13.2 Å². The van der Waals surface area contributed by atoms with Gasteiger partial charge in [-0.2, -0.15) is 0 Å². The number of aryl methyl sites for hydroxylation is 1. The molecule has 0 atom stereocenters. The smallest absolute Gasteiger partial charge is 0.0857 e. The normalized spacial score (nSPS) is 19.4. The Labute approximate surface area is 66.4 Å². The summed E-state index contributed by atoms with van der Waals surface area (Å²) < 4.78 is 1.79. The molecule has 3 nitrogen and oxygen atoms in total. The predicted octanol–water partition coefficient (Wildman–Crippen LogP) is 1.47. The van der Waals surface area contributed by atoms with Crippen molar-refractivity contribution in [3.05, 3.63) is 11.9 Å². The first-order valence-electron chi connectivity index (χ1n) is 4.22. The fourth-order valence-corrected chi connectivity index (χ4v) is 1.77. The number of hydrogen-bond donors (Lipinski definition) is 0. The lowest BCUT2D eigenvalue weighted by atomic mass is 10.1. The number of aromatic nitrogens is 3. The molecule has 3 heteroatoms. The molecule has 2 rings (SSSR count). The van der Waals surface area contributed by atoms with Gasteiger partial charge in [0, 0.05) is 19.2 Å². The third-order valence-corrected chi connectivity index (χ3v) is 2.39. The molecule has 0 N–H and O–H groups in total. The molecule has 0 unspecified atom stereocenters. The molecule has 11 heavy (non-hydrogen) atoms. The van der Waals surface area contributed by atoms with Crippen molar-refractivity contribution in [2.75, 3.05) is 0 Å². The van der Waals surface area contributed by atoms with E-state index in [4.69, 9.17) is 0 Å². The molecule has 0 radical (unpaired) electrons. The van der Waals surface area contributed by atoms with E-state index in [1.165, 1.54) is 31.4 Å². The maximum atomic E-state index is 4.11. The SMILES string of the molecule is Cn1cc(C2CCCC2)nn1. The van der Waals surface area contributed by atoms with Crippen LogP contribution in [-0.2, 0) is 7.05 Å². The summed E-state index contributed by atoms with van der Waals surface area (Å²) in [5.74, 6) is 0.698. The maximum absolute atomic E-state index is 4.11. The quantitative estimate of drug-likeness (QED) is 0.608. The summed E-state index contributed by atoms with van der Waals surface area (Å²) in [6.07, 6.45) is 7.37. The van der Waals surface area contributed by atoms with Gasteiger partial charge in [0.25, 0.3) is 0 Å². The van der Waals surface area contributed by atoms with Crippen LogP contribution in [0.2, 0.25) is 0 Å². The molecule has 0 amide bonds. The van der Waals surface area contributed by atoms with Crippen LogP contribution in [-0.4, -0.2) is 15.0 Å². The molecular weight excluding hydrogens is 138 g/mol. The lowest BCUT2D eigenvalue weighted by molar-refractivity contribution is 0.684. The van der Waals surface area contributed by atoms with E-state index in [2.05, 4.69) is 10.3 Å². The van der Waals surface area contributed by atoms with E-state index in [0.717, 1.165) is 0 Å². The standard InChI is InChI=1S/C8H13N3/c1-11-6-8(9-10-11)7-4-2-3-5-7/h6-7H,2-5H2,1H3. The van der Waals surface area contributed by atoms with E-state index >= 15 is 0 Å². The Balaban J connectivity index is 2.15. The van der Waals surface area contributed by atoms with E-state index in [9.17, 15) is 0 Å². The maximum Gasteiger partial charge on any atom is 0.0857 e. The molecule has 1 saturated carbocycles.